The van der Waals surface area contributed by atoms with Crippen molar-refractivity contribution in [2.75, 3.05) is 0 Å². The van der Waals surface area contributed by atoms with E-state index in [-0.39, 0.29) is 12.4 Å². The lowest BCUT2D eigenvalue weighted by Gasteiger charge is -2.07. The Labute approximate surface area is 129 Å². The van der Waals surface area contributed by atoms with Crippen molar-refractivity contribution in [3.8, 4) is 0 Å². The van der Waals surface area contributed by atoms with E-state index in [0.29, 0.717) is 12.1 Å². The van der Waals surface area contributed by atoms with Crippen molar-refractivity contribution in [2.45, 2.75) is 6.54 Å². The van der Waals surface area contributed by atoms with Gasteiger partial charge in [-0.15, -0.1) is 12.4 Å². The Morgan fingerprint density at radius 1 is 1.00 bits per heavy atom. The second-order valence-electron chi connectivity index (χ2n) is 4.73. The normalized spacial score (nSPS) is 10.1. The molecular formula is C17H15ClN2O. The van der Waals surface area contributed by atoms with E-state index in [1.807, 2.05) is 29.0 Å². The van der Waals surface area contributed by atoms with Crippen LogP contribution in [0.3, 0.4) is 0 Å². The molecular weight excluding hydrogens is 284 g/mol. The first-order valence-electron chi connectivity index (χ1n) is 6.46. The number of hydrogen-bond acceptors (Lipinski definition) is 2. The van der Waals surface area contributed by atoms with Gasteiger partial charge in [-0.25, -0.2) is 4.57 Å². The molecule has 3 rings (SSSR count). The van der Waals surface area contributed by atoms with E-state index in [9.17, 15) is 5.11 Å². The molecule has 0 saturated carbocycles. The van der Waals surface area contributed by atoms with Crippen molar-refractivity contribution in [1.82, 2.24) is 0 Å². The Morgan fingerprint density at radius 3 is 2.57 bits per heavy atom. The Balaban J connectivity index is 0.00000161. The lowest BCUT2D eigenvalue weighted by Crippen LogP contribution is -2.35. The van der Waals surface area contributed by atoms with Gasteiger partial charge in [0, 0.05) is 17.2 Å². The molecule has 21 heavy (non-hydrogen) atoms. The minimum atomic E-state index is -0.655. The lowest BCUT2D eigenvalue weighted by molar-refractivity contribution is -0.688. The smallest absolute Gasteiger partial charge is 0.177 e. The molecule has 0 unspecified atom stereocenters. The van der Waals surface area contributed by atoms with Crippen molar-refractivity contribution >= 4 is 29.1 Å². The zero-order valence-electron chi connectivity index (χ0n) is 11.3. The van der Waals surface area contributed by atoms with Crippen LogP contribution in [0.25, 0.3) is 10.8 Å². The molecule has 1 heterocycles. The molecule has 4 heteroatoms. The van der Waals surface area contributed by atoms with Crippen LogP contribution in [0.5, 0.6) is 0 Å². The zero-order valence-corrected chi connectivity index (χ0v) is 12.1. The molecule has 106 valence electrons. The number of hydrogen-bond donors (Lipinski definition) is 1. The molecule has 3 aromatic rings. The van der Waals surface area contributed by atoms with Gasteiger partial charge in [-0.2, -0.15) is 0 Å². The van der Waals surface area contributed by atoms with E-state index in [1.165, 1.54) is 16.3 Å². The van der Waals surface area contributed by atoms with Gasteiger partial charge in [0.25, 0.3) is 0 Å². The van der Waals surface area contributed by atoms with E-state index in [1.54, 1.807) is 18.3 Å². The largest absolute Gasteiger partial charge is 0.859 e. The molecule has 0 aliphatic heterocycles. The van der Waals surface area contributed by atoms with E-state index in [4.69, 9.17) is 5.41 Å². The first-order chi connectivity index (χ1) is 9.74. The van der Waals surface area contributed by atoms with Gasteiger partial charge in [0.05, 0.1) is 0 Å². The molecule has 0 aliphatic carbocycles. The molecule has 1 aromatic heterocycles. The molecule has 0 amide bonds. The third-order valence-electron chi connectivity index (χ3n) is 3.35. The summed E-state index contributed by atoms with van der Waals surface area (Å²) in [5.41, 5.74) is 1.61. The summed E-state index contributed by atoms with van der Waals surface area (Å²) in [6.07, 6.45) is 3.63. The summed E-state index contributed by atoms with van der Waals surface area (Å²) in [4.78, 5) is 0. The van der Waals surface area contributed by atoms with Crippen LogP contribution in [0.4, 0.5) is 0 Å². The van der Waals surface area contributed by atoms with Gasteiger partial charge in [-0.05, 0) is 22.7 Å². The first-order valence-corrected chi connectivity index (χ1v) is 6.46. The van der Waals surface area contributed by atoms with Gasteiger partial charge < -0.3 is 10.5 Å². The topological polar surface area (TPSA) is 50.8 Å². The summed E-state index contributed by atoms with van der Waals surface area (Å²) in [7, 11) is 0. The number of halogens is 1. The van der Waals surface area contributed by atoms with E-state index >= 15 is 0 Å². The van der Waals surface area contributed by atoms with Crippen LogP contribution in [0, 0.1) is 5.41 Å². The highest BCUT2D eigenvalue weighted by atomic mass is 35.5. The fourth-order valence-corrected chi connectivity index (χ4v) is 2.38. The Bertz CT molecular complexity index is 781. The summed E-state index contributed by atoms with van der Waals surface area (Å²) < 4.78 is 1.93. The highest BCUT2D eigenvalue weighted by molar-refractivity contribution is 5.87. The average Bonchev–Trinajstić information content (AvgIpc) is 2.48. The maximum Gasteiger partial charge on any atom is 0.177 e. The summed E-state index contributed by atoms with van der Waals surface area (Å²) in [5.74, 6) is -0.655. The van der Waals surface area contributed by atoms with Crippen molar-refractivity contribution in [1.29, 1.82) is 5.41 Å². The van der Waals surface area contributed by atoms with Crippen LogP contribution in [-0.4, -0.2) is 5.90 Å². The minimum absolute atomic E-state index is 0. The van der Waals surface area contributed by atoms with Crippen molar-refractivity contribution in [2.24, 2.45) is 0 Å². The highest BCUT2D eigenvalue weighted by Crippen LogP contribution is 2.18. The van der Waals surface area contributed by atoms with Crippen molar-refractivity contribution < 1.29 is 9.67 Å². The van der Waals surface area contributed by atoms with Crippen LogP contribution < -0.4 is 9.67 Å². The SMILES string of the molecule is Cl.N=C([O-])c1ccc[n+](Cc2cccc3ccccc23)c1. The van der Waals surface area contributed by atoms with Crippen LogP contribution >= 0.6 is 12.4 Å². The highest BCUT2D eigenvalue weighted by Gasteiger charge is 2.07. The van der Waals surface area contributed by atoms with Gasteiger partial charge >= 0.3 is 0 Å². The second kappa shape index (κ2) is 6.37. The molecule has 0 aliphatic rings. The van der Waals surface area contributed by atoms with E-state index < -0.39 is 5.90 Å². The van der Waals surface area contributed by atoms with Crippen LogP contribution in [0.1, 0.15) is 11.1 Å². The lowest BCUT2D eigenvalue weighted by atomic mass is 10.0. The second-order valence-corrected chi connectivity index (χ2v) is 4.73. The van der Waals surface area contributed by atoms with Crippen LogP contribution in [0.2, 0.25) is 0 Å². The molecule has 0 saturated heterocycles. The van der Waals surface area contributed by atoms with Gasteiger partial charge in [0.1, 0.15) is 0 Å². The fourth-order valence-electron chi connectivity index (χ4n) is 2.38. The van der Waals surface area contributed by atoms with Gasteiger partial charge in [0.2, 0.25) is 0 Å². The fraction of sp³-hybridized carbons (Fsp3) is 0.0588. The number of rotatable bonds is 3. The molecule has 0 bridgehead atoms. The number of nitrogens with zero attached hydrogens (tertiary/aromatic N) is 1. The van der Waals surface area contributed by atoms with E-state index in [2.05, 4.69) is 24.3 Å². The van der Waals surface area contributed by atoms with Gasteiger partial charge in [-0.3, -0.25) is 0 Å². The Kier molecular flexibility index (Phi) is 4.55. The summed E-state index contributed by atoms with van der Waals surface area (Å²) in [6.45, 7) is 0.683. The standard InChI is InChI=1S/C17H14N2O.ClH/c18-17(20)15-8-4-10-19(12-15)11-14-7-3-6-13-5-1-2-9-16(13)14;/h1-10,12H,11H2,(H-,18,20);1H. The number of nitrogens with one attached hydrogen (secondary N) is 1. The monoisotopic (exact) mass is 298 g/mol. The Hall–Kier alpha value is -2.39. The summed E-state index contributed by atoms with van der Waals surface area (Å²) in [6, 6.07) is 17.9. The third-order valence-corrected chi connectivity index (χ3v) is 3.35. The zero-order chi connectivity index (χ0) is 13.9. The van der Waals surface area contributed by atoms with Crippen LogP contribution in [-0.2, 0) is 6.54 Å². The Morgan fingerprint density at radius 2 is 1.76 bits per heavy atom. The van der Waals surface area contributed by atoms with Gasteiger partial charge in [-0.1, -0.05) is 42.5 Å². The van der Waals surface area contributed by atoms with Gasteiger partial charge in [0.15, 0.2) is 18.9 Å². The van der Waals surface area contributed by atoms with Crippen molar-refractivity contribution in [3.63, 3.8) is 0 Å². The van der Waals surface area contributed by atoms with Crippen LogP contribution in [0.15, 0.2) is 67.0 Å². The van der Waals surface area contributed by atoms with E-state index in [0.717, 1.165) is 0 Å². The molecule has 0 spiro atoms. The minimum Gasteiger partial charge on any atom is -0.859 e. The number of benzene rings is 2. The predicted molar refractivity (Wildman–Crippen MR) is 83.8 cm³/mol. The molecule has 0 fully saturated rings. The average molecular weight is 299 g/mol. The maximum atomic E-state index is 11.1. The first kappa shape index (κ1) is 15.0. The molecule has 1 N–H and O–H groups in total. The van der Waals surface area contributed by atoms with Crippen molar-refractivity contribution in [3.05, 3.63) is 78.1 Å². The molecule has 0 atom stereocenters. The predicted octanol–water partition coefficient (Wildman–Crippen LogP) is 2.28. The maximum absolute atomic E-state index is 11.1. The molecule has 3 nitrogen and oxygen atoms in total. The summed E-state index contributed by atoms with van der Waals surface area (Å²) >= 11 is 0. The number of pyridine rings is 1. The third kappa shape index (κ3) is 3.20. The molecule has 2 aromatic carbocycles. The summed E-state index contributed by atoms with van der Waals surface area (Å²) in [5, 5.41) is 20.7. The number of aromatic nitrogens is 1. The molecule has 0 radical (unpaired) electrons. The number of fused-ring (bicyclic) bond motifs is 1. The quantitative estimate of drug-likeness (QED) is 0.450.